The van der Waals surface area contributed by atoms with Gasteiger partial charge in [-0.2, -0.15) is 0 Å². The topological polar surface area (TPSA) is 74.6 Å². The van der Waals surface area contributed by atoms with Gasteiger partial charge in [0.2, 0.25) is 0 Å². The fraction of sp³-hybridized carbons (Fsp3) is 0.909. The van der Waals surface area contributed by atoms with Crippen LogP contribution in [-0.2, 0) is 9.59 Å². The van der Waals surface area contributed by atoms with Crippen molar-refractivity contribution in [1.82, 2.24) is 0 Å². The summed E-state index contributed by atoms with van der Waals surface area (Å²) in [5.74, 6) is -1.65. The molecule has 26 heavy (non-hydrogen) atoms. The smallest absolute Gasteiger partial charge is 0.306 e. The van der Waals surface area contributed by atoms with Crippen molar-refractivity contribution in [2.24, 2.45) is 11.8 Å². The van der Waals surface area contributed by atoms with Gasteiger partial charge in [-0.1, -0.05) is 84.5 Å². The van der Waals surface area contributed by atoms with Gasteiger partial charge in [0.25, 0.3) is 0 Å². The maximum atomic E-state index is 11.8. The number of carboxylic acid groups (broad SMARTS) is 2. The third-order valence-corrected chi connectivity index (χ3v) is 5.40. The van der Waals surface area contributed by atoms with E-state index in [1.165, 1.54) is 44.9 Å². The monoisotopic (exact) mass is 370 g/mol. The molecule has 0 saturated heterocycles. The van der Waals surface area contributed by atoms with Crippen LogP contribution in [-0.4, -0.2) is 22.2 Å². The lowest BCUT2D eigenvalue weighted by Gasteiger charge is -2.24. The summed E-state index contributed by atoms with van der Waals surface area (Å²) in [5, 5.41) is 18.6. The molecule has 0 radical (unpaired) electrons. The Morgan fingerprint density at radius 2 is 1.12 bits per heavy atom. The van der Waals surface area contributed by atoms with E-state index in [4.69, 9.17) is 5.11 Å². The number of carbonyl (C=O) groups is 2. The van der Waals surface area contributed by atoms with Gasteiger partial charge in [0.05, 0.1) is 5.92 Å². The van der Waals surface area contributed by atoms with Gasteiger partial charge in [0.1, 0.15) is 0 Å². The van der Waals surface area contributed by atoms with Crippen molar-refractivity contribution < 1.29 is 19.8 Å². The van der Waals surface area contributed by atoms with E-state index in [-0.39, 0.29) is 18.3 Å². The average molecular weight is 371 g/mol. The van der Waals surface area contributed by atoms with Crippen molar-refractivity contribution >= 4 is 11.9 Å². The molecule has 0 saturated carbocycles. The first kappa shape index (κ1) is 24.9. The lowest BCUT2D eigenvalue weighted by atomic mass is 9.81. The summed E-state index contributed by atoms with van der Waals surface area (Å²) in [4.78, 5) is 22.6. The van der Waals surface area contributed by atoms with Crippen LogP contribution >= 0.6 is 0 Å². The van der Waals surface area contributed by atoms with Crippen LogP contribution in [0.2, 0.25) is 0 Å². The molecule has 0 fully saturated rings. The fourth-order valence-electron chi connectivity index (χ4n) is 3.78. The normalized spacial score (nSPS) is 13.5. The molecule has 0 aromatic heterocycles. The highest BCUT2D eigenvalue weighted by Gasteiger charge is 2.27. The predicted molar refractivity (Wildman–Crippen MR) is 107 cm³/mol. The Morgan fingerprint density at radius 3 is 1.65 bits per heavy atom. The molecule has 2 N–H and O–H groups in total. The zero-order chi connectivity index (χ0) is 19.6. The summed E-state index contributed by atoms with van der Waals surface area (Å²) in [6, 6.07) is 0. The molecule has 0 bridgehead atoms. The lowest BCUT2D eigenvalue weighted by molar-refractivity contribution is -0.144. The molecule has 0 heterocycles. The predicted octanol–water partition coefficient (Wildman–Crippen LogP) is 6.67. The summed E-state index contributed by atoms with van der Waals surface area (Å²) in [5.41, 5.74) is 0. The summed E-state index contributed by atoms with van der Waals surface area (Å²) in [6.07, 6.45) is 16.1. The molecule has 0 rings (SSSR count). The number of carboxylic acids is 2. The minimum atomic E-state index is -0.784. The molecule has 0 spiro atoms. The van der Waals surface area contributed by atoms with E-state index in [0.717, 1.165) is 44.9 Å². The second-order valence-corrected chi connectivity index (χ2v) is 7.75. The third kappa shape index (κ3) is 14.1. The van der Waals surface area contributed by atoms with Crippen molar-refractivity contribution in [3.8, 4) is 0 Å². The SMILES string of the molecule is CCCCCCCCCC(C(=O)O)C(CCCCCC)CCCC(=O)O. The van der Waals surface area contributed by atoms with E-state index in [2.05, 4.69) is 13.8 Å². The Hall–Kier alpha value is -1.06. The van der Waals surface area contributed by atoms with Crippen LogP contribution in [0.15, 0.2) is 0 Å². The summed E-state index contributed by atoms with van der Waals surface area (Å²) in [7, 11) is 0. The number of aliphatic carboxylic acids is 2. The first-order chi connectivity index (χ1) is 12.5. The van der Waals surface area contributed by atoms with Crippen molar-refractivity contribution in [2.45, 2.75) is 117 Å². The zero-order valence-electron chi connectivity index (χ0n) is 17.2. The van der Waals surface area contributed by atoms with Crippen LogP contribution in [0.1, 0.15) is 117 Å². The Kier molecular flexibility index (Phi) is 16.7. The van der Waals surface area contributed by atoms with E-state index in [9.17, 15) is 14.7 Å². The molecule has 2 atom stereocenters. The molecule has 0 aliphatic heterocycles. The highest BCUT2D eigenvalue weighted by atomic mass is 16.4. The Labute approximate surface area is 160 Å². The van der Waals surface area contributed by atoms with Crippen LogP contribution in [0.4, 0.5) is 0 Å². The molecular weight excluding hydrogens is 328 g/mol. The summed E-state index contributed by atoms with van der Waals surface area (Å²) in [6.45, 7) is 4.38. The molecule has 2 unspecified atom stereocenters. The molecule has 4 nitrogen and oxygen atoms in total. The van der Waals surface area contributed by atoms with Gasteiger partial charge in [-0.15, -0.1) is 0 Å². The fourth-order valence-corrected chi connectivity index (χ4v) is 3.78. The summed E-state index contributed by atoms with van der Waals surface area (Å²) >= 11 is 0. The van der Waals surface area contributed by atoms with Crippen molar-refractivity contribution in [1.29, 1.82) is 0 Å². The average Bonchev–Trinajstić information content (AvgIpc) is 2.59. The standard InChI is InChI=1S/C22H42O4/c1-3-5-7-9-10-11-13-17-20(22(25)26)19(15-12-8-6-4-2)16-14-18-21(23)24/h19-20H,3-18H2,1-2H3,(H,23,24)(H,25,26). The van der Waals surface area contributed by atoms with E-state index in [1.54, 1.807) is 0 Å². The van der Waals surface area contributed by atoms with Gasteiger partial charge in [-0.3, -0.25) is 9.59 Å². The highest BCUT2D eigenvalue weighted by molar-refractivity contribution is 5.70. The Balaban J connectivity index is 4.39. The molecule has 0 aromatic carbocycles. The molecule has 0 aliphatic rings. The van der Waals surface area contributed by atoms with Crippen LogP contribution in [0.25, 0.3) is 0 Å². The van der Waals surface area contributed by atoms with Crippen LogP contribution < -0.4 is 0 Å². The van der Waals surface area contributed by atoms with Crippen molar-refractivity contribution in [2.75, 3.05) is 0 Å². The molecule has 0 aromatic rings. The van der Waals surface area contributed by atoms with Gasteiger partial charge in [-0.25, -0.2) is 0 Å². The number of hydrogen-bond acceptors (Lipinski definition) is 2. The number of rotatable bonds is 19. The Morgan fingerprint density at radius 1 is 0.654 bits per heavy atom. The first-order valence-corrected chi connectivity index (χ1v) is 11.0. The largest absolute Gasteiger partial charge is 0.481 e. The maximum absolute atomic E-state index is 11.8. The van der Waals surface area contributed by atoms with E-state index >= 15 is 0 Å². The van der Waals surface area contributed by atoms with Gasteiger partial charge in [0, 0.05) is 6.42 Å². The van der Waals surface area contributed by atoms with Gasteiger partial charge >= 0.3 is 11.9 Å². The quantitative estimate of drug-likeness (QED) is 0.249. The molecule has 0 aliphatic carbocycles. The number of hydrogen-bond donors (Lipinski definition) is 2. The van der Waals surface area contributed by atoms with E-state index in [1.807, 2.05) is 0 Å². The highest BCUT2D eigenvalue weighted by Crippen LogP contribution is 2.29. The zero-order valence-corrected chi connectivity index (χ0v) is 17.2. The lowest BCUT2D eigenvalue weighted by Crippen LogP contribution is -2.24. The van der Waals surface area contributed by atoms with Crippen LogP contribution in [0, 0.1) is 11.8 Å². The van der Waals surface area contributed by atoms with Crippen molar-refractivity contribution in [3.05, 3.63) is 0 Å². The summed E-state index contributed by atoms with van der Waals surface area (Å²) < 4.78 is 0. The van der Waals surface area contributed by atoms with Gasteiger partial charge < -0.3 is 10.2 Å². The van der Waals surface area contributed by atoms with Crippen LogP contribution in [0.5, 0.6) is 0 Å². The minimum absolute atomic E-state index is 0.129. The van der Waals surface area contributed by atoms with Crippen LogP contribution in [0.3, 0.4) is 0 Å². The maximum Gasteiger partial charge on any atom is 0.306 e. The van der Waals surface area contributed by atoms with Gasteiger partial charge in [0.15, 0.2) is 0 Å². The van der Waals surface area contributed by atoms with Crippen molar-refractivity contribution in [3.63, 3.8) is 0 Å². The second-order valence-electron chi connectivity index (χ2n) is 7.75. The molecule has 4 heteroatoms. The molecule has 0 amide bonds. The number of unbranched alkanes of at least 4 members (excludes halogenated alkanes) is 9. The van der Waals surface area contributed by atoms with Gasteiger partial charge in [-0.05, 0) is 31.6 Å². The second kappa shape index (κ2) is 17.4. The van der Waals surface area contributed by atoms with E-state index in [0.29, 0.717) is 6.42 Å². The minimum Gasteiger partial charge on any atom is -0.481 e. The van der Waals surface area contributed by atoms with E-state index < -0.39 is 11.9 Å². The first-order valence-electron chi connectivity index (χ1n) is 11.0. The third-order valence-electron chi connectivity index (χ3n) is 5.40. The molecular formula is C22H42O4. The molecule has 154 valence electrons. The Bertz CT molecular complexity index is 354.